The second-order valence-corrected chi connectivity index (χ2v) is 11.0. The molecule has 0 amide bonds. The average Bonchev–Trinajstić information content (AvgIpc) is 3.43. The minimum Gasteiger partial charge on any atom is -0.465 e. The summed E-state index contributed by atoms with van der Waals surface area (Å²) in [6.45, 7) is 1.85. The first-order valence-corrected chi connectivity index (χ1v) is 12.8. The Hall–Kier alpha value is -2.57. The minimum absolute atomic E-state index is 0.0388. The quantitative estimate of drug-likeness (QED) is 0.656. The lowest BCUT2D eigenvalue weighted by Crippen LogP contribution is -2.38. The minimum atomic E-state index is -0.572. The molecule has 1 unspecified atom stereocenters. The van der Waals surface area contributed by atoms with E-state index in [4.69, 9.17) is 10.2 Å². The first-order chi connectivity index (χ1) is 15.6. The van der Waals surface area contributed by atoms with Crippen LogP contribution < -0.4 is 10.6 Å². The van der Waals surface area contributed by atoms with Crippen molar-refractivity contribution in [2.45, 2.75) is 73.8 Å². The van der Waals surface area contributed by atoms with Crippen LogP contribution in [0, 0.1) is 18.3 Å². The third-order valence-corrected chi connectivity index (χ3v) is 8.70. The smallest absolute Gasteiger partial charge is 0.219 e. The number of ketones is 1. The number of rotatable bonds is 4. The fourth-order valence-electron chi connectivity index (χ4n) is 4.86. The van der Waals surface area contributed by atoms with Gasteiger partial charge in [0, 0.05) is 22.9 Å². The Balaban J connectivity index is 1.55. The Kier molecular flexibility index (Phi) is 5.82. The molecule has 0 aromatic carbocycles. The first-order valence-electron chi connectivity index (χ1n) is 11.1. The monoisotopic (exact) mass is 467 g/mol. The van der Waals surface area contributed by atoms with Crippen LogP contribution in [0.25, 0.3) is 0 Å². The summed E-state index contributed by atoms with van der Waals surface area (Å²) >= 11 is 3.27. The lowest BCUT2D eigenvalue weighted by atomic mass is 9.78. The van der Waals surface area contributed by atoms with E-state index in [-0.39, 0.29) is 5.78 Å². The number of nitriles is 1. The van der Waals surface area contributed by atoms with Gasteiger partial charge in [0.2, 0.25) is 5.13 Å². The van der Waals surface area contributed by atoms with Gasteiger partial charge in [-0.25, -0.2) is 0 Å². The highest BCUT2D eigenvalue weighted by Crippen LogP contribution is 2.47. The van der Waals surface area contributed by atoms with Crippen molar-refractivity contribution in [3.05, 3.63) is 46.3 Å². The molecule has 1 atom stereocenters. The molecule has 7 nitrogen and oxygen atoms in total. The molecule has 3 aliphatic rings. The fourth-order valence-corrected chi connectivity index (χ4v) is 7.25. The normalized spacial score (nSPS) is 22.3. The van der Waals surface area contributed by atoms with Crippen LogP contribution in [0.3, 0.4) is 0 Å². The number of anilines is 1. The molecule has 2 aromatic rings. The maximum atomic E-state index is 13.1. The molecule has 1 saturated carbocycles. The number of allylic oxidation sites excluding steroid dienone is 3. The number of Topliss-reactive ketones (excluding diaryl/α,β-unsaturated/α-hetero) is 1. The summed E-state index contributed by atoms with van der Waals surface area (Å²) in [4.78, 5) is 14.9. The number of nitrogens with two attached hydrogens (primary N) is 1. The predicted molar refractivity (Wildman–Crippen MR) is 124 cm³/mol. The molecule has 1 fully saturated rings. The predicted octanol–water partition coefficient (Wildman–Crippen LogP) is 5.17. The van der Waals surface area contributed by atoms with Crippen molar-refractivity contribution >= 4 is 34.0 Å². The zero-order valence-electron chi connectivity index (χ0n) is 18.0. The van der Waals surface area contributed by atoms with Gasteiger partial charge in [-0.2, -0.15) is 5.26 Å². The summed E-state index contributed by atoms with van der Waals surface area (Å²) in [5.41, 5.74) is 8.32. The van der Waals surface area contributed by atoms with Crippen LogP contribution in [0.2, 0.25) is 0 Å². The van der Waals surface area contributed by atoms with Crippen LogP contribution in [0.4, 0.5) is 5.13 Å². The highest BCUT2D eigenvalue weighted by molar-refractivity contribution is 8.01. The summed E-state index contributed by atoms with van der Waals surface area (Å²) in [5, 5.41) is 20.1. The molecule has 2 aliphatic carbocycles. The van der Waals surface area contributed by atoms with E-state index >= 15 is 0 Å². The Morgan fingerprint density at radius 2 is 2.03 bits per heavy atom. The standard InChI is InChI=1S/C23H25N5O2S2/c1-13-10-11-18(30-13)19-15(12-24)21(25)28(16-8-5-9-17(29)20(16)19)22-26-27-23(32-22)31-14-6-3-2-4-7-14/h10-11,14,19H,2-9,25H2,1H3. The van der Waals surface area contributed by atoms with Crippen LogP contribution >= 0.6 is 23.1 Å². The molecule has 2 N–H and O–H groups in total. The van der Waals surface area contributed by atoms with Gasteiger partial charge in [-0.05, 0) is 44.7 Å². The van der Waals surface area contributed by atoms with Crippen molar-refractivity contribution in [1.29, 1.82) is 5.26 Å². The number of hydrogen-bond donors (Lipinski definition) is 1. The number of aryl methyl sites for hydroxylation is 1. The van der Waals surface area contributed by atoms with E-state index in [1.165, 1.54) is 43.4 Å². The van der Waals surface area contributed by atoms with Gasteiger partial charge in [0.25, 0.3) is 0 Å². The molecule has 2 aromatic heterocycles. The molecular formula is C23H25N5O2S2. The lowest BCUT2D eigenvalue weighted by molar-refractivity contribution is -0.116. The molecule has 9 heteroatoms. The van der Waals surface area contributed by atoms with Gasteiger partial charge < -0.3 is 10.2 Å². The van der Waals surface area contributed by atoms with E-state index < -0.39 is 5.92 Å². The molecule has 0 radical (unpaired) electrons. The van der Waals surface area contributed by atoms with E-state index in [0.717, 1.165) is 22.2 Å². The maximum Gasteiger partial charge on any atom is 0.219 e. The Morgan fingerprint density at radius 1 is 1.22 bits per heavy atom. The summed E-state index contributed by atoms with van der Waals surface area (Å²) in [5.74, 6) is 1.09. The van der Waals surface area contributed by atoms with Crippen molar-refractivity contribution in [3.63, 3.8) is 0 Å². The largest absolute Gasteiger partial charge is 0.465 e. The molecule has 166 valence electrons. The van der Waals surface area contributed by atoms with Gasteiger partial charge in [0.05, 0.1) is 17.6 Å². The molecule has 0 spiro atoms. The third-order valence-electron chi connectivity index (χ3n) is 6.37. The van der Waals surface area contributed by atoms with Crippen LogP contribution in [0.15, 0.2) is 43.6 Å². The SMILES string of the molecule is Cc1ccc(C2C(C#N)=C(N)N(c3nnc(SC4CCCCC4)s3)C3=C2C(=O)CCC3)o1. The number of aromatic nitrogens is 2. The second-order valence-electron chi connectivity index (χ2n) is 8.49. The Morgan fingerprint density at radius 3 is 2.75 bits per heavy atom. The zero-order valence-corrected chi connectivity index (χ0v) is 19.6. The average molecular weight is 468 g/mol. The summed E-state index contributed by atoms with van der Waals surface area (Å²) in [6, 6.07) is 5.93. The fraction of sp³-hybridized carbons (Fsp3) is 0.478. The Labute approximate surface area is 195 Å². The number of thioether (sulfide) groups is 1. The topological polar surface area (TPSA) is 109 Å². The molecular weight excluding hydrogens is 442 g/mol. The van der Waals surface area contributed by atoms with Gasteiger partial charge in [0.1, 0.15) is 17.3 Å². The van der Waals surface area contributed by atoms with E-state index in [1.54, 1.807) is 16.7 Å². The number of hydrogen-bond acceptors (Lipinski definition) is 9. The molecule has 32 heavy (non-hydrogen) atoms. The maximum absolute atomic E-state index is 13.1. The van der Waals surface area contributed by atoms with Crippen molar-refractivity contribution < 1.29 is 9.21 Å². The molecule has 3 heterocycles. The number of carbonyl (C=O) groups excluding carboxylic acids is 1. The van der Waals surface area contributed by atoms with Crippen molar-refractivity contribution in [2.75, 3.05) is 4.90 Å². The lowest BCUT2D eigenvalue weighted by Gasteiger charge is -2.37. The van der Waals surface area contributed by atoms with Crippen molar-refractivity contribution in [2.24, 2.45) is 5.73 Å². The van der Waals surface area contributed by atoms with Gasteiger partial charge in [-0.15, -0.1) is 10.2 Å². The van der Waals surface area contributed by atoms with Gasteiger partial charge in [-0.1, -0.05) is 42.4 Å². The summed E-state index contributed by atoms with van der Waals surface area (Å²) in [7, 11) is 0. The van der Waals surface area contributed by atoms with Gasteiger partial charge >= 0.3 is 0 Å². The van der Waals surface area contributed by atoms with Crippen LogP contribution in [0.5, 0.6) is 0 Å². The number of carbonyl (C=O) groups is 1. The van der Waals surface area contributed by atoms with Gasteiger partial charge in [-0.3, -0.25) is 9.69 Å². The van der Waals surface area contributed by atoms with Crippen LogP contribution in [0.1, 0.15) is 68.8 Å². The molecule has 5 rings (SSSR count). The number of furan rings is 1. The van der Waals surface area contributed by atoms with E-state index in [0.29, 0.717) is 46.0 Å². The summed E-state index contributed by atoms with van der Waals surface area (Å²) in [6.07, 6.45) is 8.16. The highest BCUT2D eigenvalue weighted by Gasteiger charge is 2.42. The highest BCUT2D eigenvalue weighted by atomic mass is 32.2. The zero-order chi connectivity index (χ0) is 22.2. The molecule has 0 bridgehead atoms. The van der Waals surface area contributed by atoms with E-state index in [2.05, 4.69) is 16.3 Å². The molecule has 0 saturated heterocycles. The van der Waals surface area contributed by atoms with Gasteiger partial charge in [0.15, 0.2) is 10.1 Å². The third kappa shape index (κ3) is 3.76. The van der Waals surface area contributed by atoms with Crippen LogP contribution in [-0.2, 0) is 4.79 Å². The van der Waals surface area contributed by atoms with E-state index in [1.807, 2.05) is 19.1 Å². The number of nitrogens with zero attached hydrogens (tertiary/aromatic N) is 4. The van der Waals surface area contributed by atoms with Crippen molar-refractivity contribution in [1.82, 2.24) is 10.2 Å². The Bertz CT molecular complexity index is 1150. The van der Waals surface area contributed by atoms with Crippen molar-refractivity contribution in [3.8, 4) is 6.07 Å². The first kappa shape index (κ1) is 21.3. The molecule has 1 aliphatic heterocycles. The summed E-state index contributed by atoms with van der Waals surface area (Å²) < 4.78 is 6.76. The second kappa shape index (κ2) is 8.75. The van der Waals surface area contributed by atoms with E-state index in [9.17, 15) is 10.1 Å². The van der Waals surface area contributed by atoms with Crippen LogP contribution in [-0.4, -0.2) is 21.2 Å².